The smallest absolute Gasteiger partial charge is 0.335 e. The van der Waals surface area contributed by atoms with E-state index >= 15 is 0 Å². The minimum atomic E-state index is -3.66. The van der Waals surface area contributed by atoms with Gasteiger partial charge in [-0.15, -0.1) is 0 Å². The first kappa shape index (κ1) is 16.4. The average molecular weight is 378 g/mol. The second kappa shape index (κ2) is 6.87. The summed E-state index contributed by atoms with van der Waals surface area (Å²) >= 11 is 3.11. The molecule has 0 amide bonds. The van der Waals surface area contributed by atoms with Crippen LogP contribution in [0.4, 0.5) is 0 Å². The molecule has 8 heteroatoms. The largest absolute Gasteiger partial charge is 0.478 e. The van der Waals surface area contributed by atoms with Gasteiger partial charge in [0.1, 0.15) is 0 Å². The van der Waals surface area contributed by atoms with Crippen LogP contribution in [-0.4, -0.2) is 39.3 Å². The number of ether oxygens (including phenoxy) is 1. The summed E-state index contributed by atoms with van der Waals surface area (Å²) in [6, 6.07) is 3.84. The van der Waals surface area contributed by atoms with Crippen molar-refractivity contribution >= 4 is 31.9 Å². The van der Waals surface area contributed by atoms with E-state index in [1.54, 1.807) is 0 Å². The van der Waals surface area contributed by atoms with Crippen LogP contribution in [0.5, 0.6) is 0 Å². The number of nitrogens with one attached hydrogen (secondary N) is 1. The minimum Gasteiger partial charge on any atom is -0.478 e. The zero-order valence-electron chi connectivity index (χ0n) is 11.2. The molecule has 116 valence electrons. The van der Waals surface area contributed by atoms with Crippen LogP contribution < -0.4 is 4.72 Å². The Morgan fingerprint density at radius 1 is 1.48 bits per heavy atom. The molecule has 1 aromatic carbocycles. The zero-order chi connectivity index (χ0) is 15.5. The molecule has 0 radical (unpaired) electrons. The molecule has 1 aromatic rings. The van der Waals surface area contributed by atoms with Crippen molar-refractivity contribution in [2.24, 2.45) is 5.92 Å². The minimum absolute atomic E-state index is 0.0314. The Labute approximate surface area is 131 Å². The molecule has 1 aliphatic heterocycles. The van der Waals surface area contributed by atoms with Gasteiger partial charge in [-0.3, -0.25) is 0 Å². The lowest BCUT2D eigenvalue weighted by atomic mass is 10.1. The van der Waals surface area contributed by atoms with Crippen molar-refractivity contribution < 1.29 is 23.1 Å². The number of carboxylic acids is 1. The Bertz CT molecular complexity index is 625. The second-order valence-corrected chi connectivity index (χ2v) is 7.46. The lowest BCUT2D eigenvalue weighted by molar-refractivity contribution is 0.0696. The van der Waals surface area contributed by atoms with Crippen LogP contribution in [-0.2, 0) is 14.8 Å². The summed E-state index contributed by atoms with van der Waals surface area (Å²) in [6.07, 6.45) is 1.68. The van der Waals surface area contributed by atoms with Crippen LogP contribution in [0.2, 0.25) is 0 Å². The number of rotatable bonds is 6. The fourth-order valence-electron chi connectivity index (χ4n) is 2.14. The van der Waals surface area contributed by atoms with E-state index in [-0.39, 0.29) is 14.9 Å². The maximum absolute atomic E-state index is 12.2. The maximum Gasteiger partial charge on any atom is 0.335 e. The molecule has 1 unspecified atom stereocenters. The molecule has 0 bridgehead atoms. The Kier molecular flexibility index (Phi) is 5.37. The summed E-state index contributed by atoms with van der Waals surface area (Å²) in [4.78, 5) is 10.9. The first-order chi connectivity index (χ1) is 9.90. The molecule has 1 atom stereocenters. The van der Waals surface area contributed by atoms with Crippen LogP contribution in [0.15, 0.2) is 27.6 Å². The van der Waals surface area contributed by atoms with E-state index in [0.29, 0.717) is 19.1 Å². The monoisotopic (exact) mass is 377 g/mol. The number of hydrogen-bond donors (Lipinski definition) is 2. The van der Waals surface area contributed by atoms with Crippen LogP contribution in [0, 0.1) is 5.92 Å². The molecular weight excluding hydrogens is 362 g/mol. The molecule has 1 heterocycles. The van der Waals surface area contributed by atoms with Gasteiger partial charge in [-0.25, -0.2) is 17.9 Å². The molecule has 0 saturated carbocycles. The Balaban J connectivity index is 2.03. The molecule has 0 aromatic heterocycles. The molecular formula is C13H16BrNO5S. The third-order valence-electron chi connectivity index (χ3n) is 3.34. The maximum atomic E-state index is 12.2. The Hall–Kier alpha value is -0.960. The molecule has 2 rings (SSSR count). The van der Waals surface area contributed by atoms with Gasteiger partial charge >= 0.3 is 5.97 Å². The summed E-state index contributed by atoms with van der Waals surface area (Å²) in [6.45, 7) is 1.75. The number of aromatic carboxylic acids is 1. The lowest BCUT2D eigenvalue weighted by Crippen LogP contribution is -2.26. The number of hydrogen-bond acceptors (Lipinski definition) is 4. The quantitative estimate of drug-likeness (QED) is 0.788. The number of halogens is 1. The van der Waals surface area contributed by atoms with Crippen molar-refractivity contribution in [2.45, 2.75) is 17.7 Å². The van der Waals surface area contributed by atoms with Gasteiger partial charge in [0, 0.05) is 24.2 Å². The highest BCUT2D eigenvalue weighted by molar-refractivity contribution is 9.10. The molecule has 1 saturated heterocycles. The van der Waals surface area contributed by atoms with Gasteiger partial charge < -0.3 is 9.84 Å². The molecule has 1 fully saturated rings. The third kappa shape index (κ3) is 4.26. The standard InChI is InChI=1S/C13H16BrNO5S/c14-11-7-10(13(16)17)1-2-12(11)21(18,19)15-5-3-9-4-6-20-8-9/h1-2,7,9,15H,3-6,8H2,(H,16,17). The van der Waals surface area contributed by atoms with Crippen molar-refractivity contribution in [1.29, 1.82) is 0 Å². The summed E-state index contributed by atoms with van der Waals surface area (Å²) in [5.41, 5.74) is 0.0314. The Morgan fingerprint density at radius 3 is 2.81 bits per heavy atom. The van der Waals surface area contributed by atoms with Gasteiger partial charge in [0.15, 0.2) is 0 Å². The van der Waals surface area contributed by atoms with E-state index in [2.05, 4.69) is 20.7 Å². The summed E-state index contributed by atoms with van der Waals surface area (Å²) < 4.78 is 32.4. The first-order valence-corrected chi connectivity index (χ1v) is 8.78. The highest BCUT2D eigenvalue weighted by atomic mass is 79.9. The number of carbonyl (C=O) groups is 1. The highest BCUT2D eigenvalue weighted by Gasteiger charge is 2.20. The van der Waals surface area contributed by atoms with E-state index in [9.17, 15) is 13.2 Å². The van der Waals surface area contributed by atoms with Crippen LogP contribution in [0.25, 0.3) is 0 Å². The molecule has 21 heavy (non-hydrogen) atoms. The normalized spacial score (nSPS) is 18.8. The van der Waals surface area contributed by atoms with Gasteiger partial charge in [0.2, 0.25) is 10.0 Å². The van der Waals surface area contributed by atoms with Crippen molar-refractivity contribution in [1.82, 2.24) is 4.72 Å². The Morgan fingerprint density at radius 2 is 2.24 bits per heavy atom. The summed E-state index contributed by atoms with van der Waals surface area (Å²) in [5.74, 6) is -0.709. The zero-order valence-corrected chi connectivity index (χ0v) is 13.6. The summed E-state index contributed by atoms with van der Waals surface area (Å²) in [7, 11) is -3.66. The van der Waals surface area contributed by atoms with E-state index < -0.39 is 16.0 Å². The molecule has 1 aliphatic rings. The highest BCUT2D eigenvalue weighted by Crippen LogP contribution is 2.23. The number of carboxylic acid groups (broad SMARTS) is 1. The molecule has 6 nitrogen and oxygen atoms in total. The van der Waals surface area contributed by atoms with Gasteiger partial charge in [0.25, 0.3) is 0 Å². The van der Waals surface area contributed by atoms with E-state index in [4.69, 9.17) is 9.84 Å². The van der Waals surface area contributed by atoms with E-state index in [1.165, 1.54) is 18.2 Å². The van der Waals surface area contributed by atoms with Crippen molar-refractivity contribution in [2.75, 3.05) is 19.8 Å². The average Bonchev–Trinajstić information content (AvgIpc) is 2.91. The molecule has 2 N–H and O–H groups in total. The van der Waals surface area contributed by atoms with Crippen molar-refractivity contribution in [3.8, 4) is 0 Å². The first-order valence-electron chi connectivity index (χ1n) is 6.50. The van der Waals surface area contributed by atoms with Crippen molar-refractivity contribution in [3.63, 3.8) is 0 Å². The predicted octanol–water partition coefficient (Wildman–Crippen LogP) is 1.85. The SMILES string of the molecule is O=C(O)c1ccc(S(=O)(=O)NCCC2CCOC2)c(Br)c1. The van der Waals surface area contributed by atoms with Crippen molar-refractivity contribution in [3.05, 3.63) is 28.2 Å². The van der Waals surface area contributed by atoms with Gasteiger partial charge in [-0.05, 0) is 52.9 Å². The van der Waals surface area contributed by atoms with Crippen LogP contribution >= 0.6 is 15.9 Å². The van der Waals surface area contributed by atoms with Crippen LogP contribution in [0.1, 0.15) is 23.2 Å². The lowest BCUT2D eigenvalue weighted by Gasteiger charge is -2.11. The molecule has 0 aliphatic carbocycles. The predicted molar refractivity (Wildman–Crippen MR) is 79.8 cm³/mol. The fraction of sp³-hybridized carbons (Fsp3) is 0.462. The summed E-state index contributed by atoms with van der Waals surface area (Å²) in [5, 5.41) is 8.87. The van der Waals surface area contributed by atoms with E-state index in [0.717, 1.165) is 19.4 Å². The second-order valence-electron chi connectivity index (χ2n) is 4.87. The number of sulfonamides is 1. The molecule has 0 spiro atoms. The van der Waals surface area contributed by atoms with E-state index in [1.807, 2.05) is 0 Å². The van der Waals surface area contributed by atoms with Crippen LogP contribution in [0.3, 0.4) is 0 Å². The third-order valence-corrected chi connectivity index (χ3v) is 5.77. The fourth-order valence-corrected chi connectivity index (χ4v) is 4.26. The van der Waals surface area contributed by atoms with Gasteiger partial charge in [-0.2, -0.15) is 0 Å². The number of benzene rings is 1. The van der Waals surface area contributed by atoms with Gasteiger partial charge in [-0.1, -0.05) is 0 Å². The topological polar surface area (TPSA) is 92.7 Å². The van der Waals surface area contributed by atoms with Gasteiger partial charge in [0.05, 0.1) is 10.5 Å².